The molecule has 1 rings (SSSR count). The second-order valence-electron chi connectivity index (χ2n) is 3.70. The highest BCUT2D eigenvalue weighted by Gasteiger charge is 2.05. The molecule has 6 heteroatoms. The molecule has 17 heavy (non-hydrogen) atoms. The highest BCUT2D eigenvalue weighted by Crippen LogP contribution is 2.11. The Morgan fingerprint density at radius 1 is 1.41 bits per heavy atom. The number of nitrogens with zero attached hydrogens (tertiary/aromatic N) is 2. The summed E-state index contributed by atoms with van der Waals surface area (Å²) in [6.45, 7) is 2.78. The number of rotatable bonds is 7. The fourth-order valence-electron chi connectivity index (χ4n) is 1.35. The molecule has 0 radical (unpaired) electrons. The van der Waals surface area contributed by atoms with Crippen molar-refractivity contribution in [1.29, 1.82) is 0 Å². The van der Waals surface area contributed by atoms with Crippen LogP contribution < -0.4 is 10.1 Å². The number of ether oxygens (including phenoxy) is 2. The Morgan fingerprint density at radius 2 is 2.18 bits per heavy atom. The standard InChI is InChI=1S/C11H19N3O3/c1-8-6-10(17-3)14-11(13-8)12-5-4-9(15)7-16-2/h6,9,15H,4-5,7H2,1-3H3,(H,12,13,14). The lowest BCUT2D eigenvalue weighted by atomic mass is 10.3. The summed E-state index contributed by atoms with van der Waals surface area (Å²) in [5, 5.41) is 12.5. The van der Waals surface area contributed by atoms with Crippen LogP contribution in [0.2, 0.25) is 0 Å². The van der Waals surface area contributed by atoms with E-state index >= 15 is 0 Å². The molecular formula is C11H19N3O3. The van der Waals surface area contributed by atoms with Crippen molar-refractivity contribution in [3.8, 4) is 5.88 Å². The van der Waals surface area contributed by atoms with Gasteiger partial charge in [-0.1, -0.05) is 0 Å². The molecule has 0 aliphatic heterocycles. The molecule has 0 bridgehead atoms. The minimum atomic E-state index is -0.473. The second-order valence-corrected chi connectivity index (χ2v) is 3.70. The van der Waals surface area contributed by atoms with Crippen LogP contribution in [0.5, 0.6) is 5.88 Å². The molecule has 1 unspecified atom stereocenters. The van der Waals surface area contributed by atoms with Crippen molar-refractivity contribution in [1.82, 2.24) is 9.97 Å². The van der Waals surface area contributed by atoms with E-state index in [1.807, 2.05) is 6.92 Å². The summed E-state index contributed by atoms with van der Waals surface area (Å²) in [6, 6.07) is 1.75. The van der Waals surface area contributed by atoms with E-state index < -0.39 is 6.10 Å². The number of aliphatic hydroxyl groups excluding tert-OH is 1. The van der Waals surface area contributed by atoms with Gasteiger partial charge in [0.15, 0.2) is 0 Å². The van der Waals surface area contributed by atoms with Gasteiger partial charge in [-0.15, -0.1) is 0 Å². The van der Waals surface area contributed by atoms with Crippen LogP contribution in [0, 0.1) is 6.92 Å². The molecule has 1 aromatic heterocycles. The van der Waals surface area contributed by atoms with Crippen molar-refractivity contribution in [3.05, 3.63) is 11.8 Å². The van der Waals surface area contributed by atoms with Gasteiger partial charge >= 0.3 is 0 Å². The van der Waals surface area contributed by atoms with E-state index in [1.165, 1.54) is 0 Å². The second kappa shape index (κ2) is 7.03. The van der Waals surface area contributed by atoms with E-state index in [9.17, 15) is 5.11 Å². The summed E-state index contributed by atoms with van der Waals surface area (Å²) in [7, 11) is 3.12. The Hall–Kier alpha value is -1.40. The van der Waals surface area contributed by atoms with Gasteiger partial charge in [0, 0.05) is 25.4 Å². The van der Waals surface area contributed by atoms with Crippen LogP contribution in [0.1, 0.15) is 12.1 Å². The van der Waals surface area contributed by atoms with Gasteiger partial charge in [-0.05, 0) is 13.3 Å². The number of methoxy groups -OCH3 is 2. The number of aryl methyl sites for hydroxylation is 1. The van der Waals surface area contributed by atoms with Crippen LogP contribution in [-0.4, -0.2) is 48.5 Å². The predicted molar refractivity (Wildman–Crippen MR) is 64.3 cm³/mol. The number of hydrogen-bond acceptors (Lipinski definition) is 6. The molecule has 0 saturated carbocycles. The SMILES string of the molecule is COCC(O)CCNc1nc(C)cc(OC)n1. The van der Waals surface area contributed by atoms with Gasteiger partial charge in [-0.3, -0.25) is 0 Å². The van der Waals surface area contributed by atoms with Gasteiger partial charge in [-0.25, -0.2) is 4.98 Å². The number of aliphatic hydroxyl groups is 1. The highest BCUT2D eigenvalue weighted by atomic mass is 16.5. The Morgan fingerprint density at radius 3 is 2.82 bits per heavy atom. The third-order valence-electron chi connectivity index (χ3n) is 2.16. The number of aromatic nitrogens is 2. The Bertz CT molecular complexity index is 347. The van der Waals surface area contributed by atoms with Crippen LogP contribution in [0.4, 0.5) is 5.95 Å². The smallest absolute Gasteiger partial charge is 0.226 e. The molecule has 0 aromatic carbocycles. The summed E-state index contributed by atoms with van der Waals surface area (Å²) in [5.41, 5.74) is 0.830. The Balaban J connectivity index is 2.43. The van der Waals surface area contributed by atoms with Crippen molar-refractivity contribution in [2.24, 2.45) is 0 Å². The largest absolute Gasteiger partial charge is 0.481 e. The van der Waals surface area contributed by atoms with Crippen LogP contribution in [-0.2, 0) is 4.74 Å². The molecule has 0 fully saturated rings. The number of hydrogen-bond donors (Lipinski definition) is 2. The number of nitrogens with one attached hydrogen (secondary N) is 1. The minimum Gasteiger partial charge on any atom is -0.481 e. The molecule has 0 aliphatic carbocycles. The van der Waals surface area contributed by atoms with Gasteiger partial charge < -0.3 is 19.9 Å². The van der Waals surface area contributed by atoms with E-state index in [0.29, 0.717) is 31.4 Å². The van der Waals surface area contributed by atoms with Crippen molar-refractivity contribution in [2.45, 2.75) is 19.4 Å². The average Bonchev–Trinajstić information content (AvgIpc) is 2.28. The molecule has 0 spiro atoms. The molecule has 96 valence electrons. The Kier molecular flexibility index (Phi) is 5.65. The molecule has 1 heterocycles. The number of anilines is 1. The summed E-state index contributed by atoms with van der Waals surface area (Å²) >= 11 is 0. The third kappa shape index (κ3) is 4.97. The highest BCUT2D eigenvalue weighted by molar-refractivity contribution is 5.30. The normalized spacial score (nSPS) is 12.2. The molecule has 1 atom stereocenters. The van der Waals surface area contributed by atoms with E-state index in [2.05, 4.69) is 15.3 Å². The van der Waals surface area contributed by atoms with Gasteiger partial charge in [0.1, 0.15) is 0 Å². The molecule has 0 amide bonds. The maximum Gasteiger partial charge on any atom is 0.226 e. The van der Waals surface area contributed by atoms with Crippen LogP contribution in [0.15, 0.2) is 6.07 Å². The zero-order chi connectivity index (χ0) is 12.7. The first-order valence-electron chi connectivity index (χ1n) is 5.46. The summed E-state index contributed by atoms with van der Waals surface area (Å²) in [4.78, 5) is 8.35. The maximum atomic E-state index is 9.45. The van der Waals surface area contributed by atoms with E-state index in [0.717, 1.165) is 5.69 Å². The summed E-state index contributed by atoms with van der Waals surface area (Å²) in [5.74, 6) is 1.03. The minimum absolute atomic E-state index is 0.333. The van der Waals surface area contributed by atoms with Crippen molar-refractivity contribution in [2.75, 3.05) is 32.7 Å². The fraction of sp³-hybridized carbons (Fsp3) is 0.636. The van der Waals surface area contributed by atoms with E-state index in [1.54, 1.807) is 20.3 Å². The van der Waals surface area contributed by atoms with Crippen molar-refractivity contribution in [3.63, 3.8) is 0 Å². The Labute approximate surface area is 101 Å². The molecule has 2 N–H and O–H groups in total. The average molecular weight is 241 g/mol. The van der Waals surface area contributed by atoms with E-state index in [-0.39, 0.29) is 0 Å². The zero-order valence-electron chi connectivity index (χ0n) is 10.4. The van der Waals surface area contributed by atoms with Crippen LogP contribution >= 0.6 is 0 Å². The van der Waals surface area contributed by atoms with Crippen LogP contribution in [0.25, 0.3) is 0 Å². The lowest BCUT2D eigenvalue weighted by Crippen LogP contribution is -2.19. The first-order valence-corrected chi connectivity index (χ1v) is 5.46. The molecular weight excluding hydrogens is 222 g/mol. The zero-order valence-corrected chi connectivity index (χ0v) is 10.4. The lowest BCUT2D eigenvalue weighted by Gasteiger charge is -2.10. The first-order chi connectivity index (χ1) is 8.15. The summed E-state index contributed by atoms with van der Waals surface area (Å²) in [6.07, 6.45) is 0.104. The van der Waals surface area contributed by atoms with Gasteiger partial charge in [-0.2, -0.15) is 4.98 Å². The fourth-order valence-corrected chi connectivity index (χ4v) is 1.35. The molecule has 6 nitrogen and oxygen atoms in total. The lowest BCUT2D eigenvalue weighted by molar-refractivity contribution is 0.0615. The molecule has 0 aliphatic rings. The summed E-state index contributed by atoms with van der Waals surface area (Å²) < 4.78 is 9.87. The van der Waals surface area contributed by atoms with E-state index in [4.69, 9.17) is 9.47 Å². The van der Waals surface area contributed by atoms with Crippen molar-refractivity contribution >= 4 is 5.95 Å². The first kappa shape index (κ1) is 13.7. The maximum absolute atomic E-state index is 9.45. The van der Waals surface area contributed by atoms with Crippen molar-refractivity contribution < 1.29 is 14.6 Å². The van der Waals surface area contributed by atoms with Gasteiger partial charge in [0.05, 0.1) is 19.8 Å². The molecule has 1 aromatic rings. The quantitative estimate of drug-likeness (QED) is 0.728. The third-order valence-corrected chi connectivity index (χ3v) is 2.16. The van der Waals surface area contributed by atoms with Gasteiger partial charge in [0.25, 0.3) is 0 Å². The van der Waals surface area contributed by atoms with Gasteiger partial charge in [0.2, 0.25) is 11.8 Å². The topological polar surface area (TPSA) is 76.5 Å². The predicted octanol–water partition coefficient (Wildman–Crippen LogP) is 0.603. The molecule has 0 saturated heterocycles. The van der Waals surface area contributed by atoms with Crippen LogP contribution in [0.3, 0.4) is 0 Å². The monoisotopic (exact) mass is 241 g/mol.